The van der Waals surface area contributed by atoms with E-state index >= 15 is 0 Å². The summed E-state index contributed by atoms with van der Waals surface area (Å²) in [5.74, 6) is 0.429. The van der Waals surface area contributed by atoms with Crippen LogP contribution in [0.3, 0.4) is 0 Å². The predicted molar refractivity (Wildman–Crippen MR) is 57.7 cm³/mol. The second-order valence-corrected chi connectivity index (χ2v) is 3.98. The van der Waals surface area contributed by atoms with Crippen LogP contribution < -0.4 is 5.32 Å². The zero-order valence-corrected chi connectivity index (χ0v) is 9.28. The Balaban J connectivity index is 2.88. The van der Waals surface area contributed by atoms with Crippen molar-refractivity contribution in [3.63, 3.8) is 0 Å². The molecule has 1 heterocycles. The molecule has 0 saturated carbocycles. The van der Waals surface area contributed by atoms with Crippen molar-refractivity contribution >= 4 is 5.95 Å². The molecule has 0 radical (unpaired) electrons. The Morgan fingerprint density at radius 1 is 1.20 bits per heavy atom. The fourth-order valence-electron chi connectivity index (χ4n) is 1.18. The van der Waals surface area contributed by atoms with E-state index in [1.165, 1.54) is 0 Å². The lowest BCUT2D eigenvalue weighted by molar-refractivity contribution is 0.147. The van der Waals surface area contributed by atoms with Crippen LogP contribution in [0, 0.1) is 13.8 Å². The molecule has 0 atom stereocenters. The number of hydrogen-bond acceptors (Lipinski definition) is 5. The van der Waals surface area contributed by atoms with E-state index < -0.39 is 5.54 Å². The van der Waals surface area contributed by atoms with Crippen molar-refractivity contribution in [1.29, 1.82) is 0 Å². The van der Waals surface area contributed by atoms with Crippen molar-refractivity contribution in [2.24, 2.45) is 0 Å². The second kappa shape index (κ2) is 4.55. The van der Waals surface area contributed by atoms with Crippen LogP contribution in [0.4, 0.5) is 5.95 Å². The highest BCUT2D eigenvalue weighted by molar-refractivity contribution is 5.31. The third-order valence-electron chi connectivity index (χ3n) is 2.09. The molecule has 0 aromatic carbocycles. The molecule has 0 aliphatic heterocycles. The summed E-state index contributed by atoms with van der Waals surface area (Å²) in [6.45, 7) is 5.08. The minimum absolute atomic E-state index is 0.181. The van der Waals surface area contributed by atoms with Gasteiger partial charge in [0.1, 0.15) is 0 Å². The summed E-state index contributed by atoms with van der Waals surface area (Å²) in [6, 6.07) is 1.86. The topological polar surface area (TPSA) is 78.3 Å². The molecule has 84 valence electrons. The summed E-state index contributed by atoms with van der Waals surface area (Å²) in [4.78, 5) is 8.34. The predicted octanol–water partition coefficient (Wildman–Crippen LogP) is 0.249. The van der Waals surface area contributed by atoms with Crippen LogP contribution in [0.25, 0.3) is 0 Å². The van der Waals surface area contributed by atoms with Crippen LogP contribution in [-0.2, 0) is 0 Å². The van der Waals surface area contributed by atoms with Gasteiger partial charge in [0.2, 0.25) is 5.95 Å². The SMILES string of the molecule is Cc1cc(C)nc(NC(C)(CO)CO)n1. The molecule has 0 unspecified atom stereocenters. The third-order valence-corrected chi connectivity index (χ3v) is 2.09. The molecule has 1 aromatic heterocycles. The monoisotopic (exact) mass is 211 g/mol. The Hall–Kier alpha value is -1.20. The number of aryl methyl sites for hydroxylation is 2. The molecular formula is C10H17N3O2. The lowest BCUT2D eigenvalue weighted by Gasteiger charge is -2.26. The van der Waals surface area contributed by atoms with Crippen LogP contribution in [0.1, 0.15) is 18.3 Å². The van der Waals surface area contributed by atoms with Gasteiger partial charge in [0.05, 0.1) is 18.8 Å². The van der Waals surface area contributed by atoms with E-state index in [-0.39, 0.29) is 13.2 Å². The van der Waals surface area contributed by atoms with Gasteiger partial charge in [0.25, 0.3) is 0 Å². The van der Waals surface area contributed by atoms with Gasteiger partial charge >= 0.3 is 0 Å². The number of hydrogen-bond donors (Lipinski definition) is 3. The molecular weight excluding hydrogens is 194 g/mol. The summed E-state index contributed by atoms with van der Waals surface area (Å²) in [5.41, 5.74) is 0.909. The highest BCUT2D eigenvalue weighted by Gasteiger charge is 2.23. The molecule has 5 heteroatoms. The van der Waals surface area contributed by atoms with Crippen LogP contribution in [0.5, 0.6) is 0 Å². The molecule has 1 rings (SSSR count). The normalized spacial score (nSPS) is 11.5. The lowest BCUT2D eigenvalue weighted by Crippen LogP contribution is -2.43. The lowest BCUT2D eigenvalue weighted by atomic mass is 10.1. The summed E-state index contributed by atoms with van der Waals surface area (Å²) >= 11 is 0. The van der Waals surface area contributed by atoms with Crippen molar-refractivity contribution in [3.05, 3.63) is 17.5 Å². The Morgan fingerprint density at radius 2 is 1.67 bits per heavy atom. The third kappa shape index (κ3) is 3.14. The average Bonchev–Trinajstić information content (AvgIpc) is 2.16. The number of rotatable bonds is 4. The van der Waals surface area contributed by atoms with Gasteiger partial charge in [0, 0.05) is 11.4 Å². The number of anilines is 1. The number of nitrogens with zero attached hydrogens (tertiary/aromatic N) is 2. The first-order chi connectivity index (χ1) is 6.99. The summed E-state index contributed by atoms with van der Waals surface area (Å²) in [7, 11) is 0. The fraction of sp³-hybridized carbons (Fsp3) is 0.600. The van der Waals surface area contributed by atoms with Gasteiger partial charge < -0.3 is 15.5 Å². The molecule has 3 N–H and O–H groups in total. The summed E-state index contributed by atoms with van der Waals surface area (Å²) < 4.78 is 0. The highest BCUT2D eigenvalue weighted by Crippen LogP contribution is 2.11. The van der Waals surface area contributed by atoms with Crippen molar-refractivity contribution in [1.82, 2.24) is 9.97 Å². The maximum atomic E-state index is 9.11. The molecule has 1 aromatic rings. The minimum atomic E-state index is -0.791. The van der Waals surface area contributed by atoms with Gasteiger partial charge in [-0.05, 0) is 26.8 Å². The fourth-order valence-corrected chi connectivity index (χ4v) is 1.18. The minimum Gasteiger partial charge on any atom is -0.394 e. The largest absolute Gasteiger partial charge is 0.394 e. The highest BCUT2D eigenvalue weighted by atomic mass is 16.3. The van der Waals surface area contributed by atoms with E-state index in [0.717, 1.165) is 11.4 Å². The van der Waals surface area contributed by atoms with Crippen LogP contribution in [0.15, 0.2) is 6.07 Å². The number of aromatic nitrogens is 2. The quantitative estimate of drug-likeness (QED) is 0.665. The Bertz CT molecular complexity index is 317. The maximum Gasteiger partial charge on any atom is 0.223 e. The van der Waals surface area contributed by atoms with Gasteiger partial charge in [-0.3, -0.25) is 0 Å². The first-order valence-corrected chi connectivity index (χ1v) is 4.81. The molecule has 0 amide bonds. The smallest absolute Gasteiger partial charge is 0.223 e. The number of aliphatic hydroxyl groups is 2. The molecule has 0 spiro atoms. The Labute approximate surface area is 89.2 Å². The van der Waals surface area contributed by atoms with Gasteiger partial charge in [-0.2, -0.15) is 0 Å². The summed E-state index contributed by atoms with van der Waals surface area (Å²) in [5, 5.41) is 21.1. The number of nitrogens with one attached hydrogen (secondary N) is 1. The van der Waals surface area contributed by atoms with Crippen LogP contribution >= 0.6 is 0 Å². The molecule has 15 heavy (non-hydrogen) atoms. The van der Waals surface area contributed by atoms with E-state index in [9.17, 15) is 0 Å². The van der Waals surface area contributed by atoms with Crippen LogP contribution in [-0.4, -0.2) is 38.9 Å². The molecule has 5 nitrogen and oxygen atoms in total. The second-order valence-electron chi connectivity index (χ2n) is 3.98. The van der Waals surface area contributed by atoms with E-state index in [4.69, 9.17) is 10.2 Å². The summed E-state index contributed by atoms with van der Waals surface area (Å²) in [6.07, 6.45) is 0. The van der Waals surface area contributed by atoms with E-state index in [1.54, 1.807) is 6.92 Å². The first kappa shape index (κ1) is 11.9. The molecule has 0 saturated heterocycles. The van der Waals surface area contributed by atoms with Gasteiger partial charge in [-0.25, -0.2) is 9.97 Å². The van der Waals surface area contributed by atoms with Crippen molar-refractivity contribution in [3.8, 4) is 0 Å². The van der Waals surface area contributed by atoms with Gasteiger partial charge in [0.15, 0.2) is 0 Å². The molecule has 0 bridgehead atoms. The van der Waals surface area contributed by atoms with E-state index in [1.807, 2.05) is 19.9 Å². The van der Waals surface area contributed by atoms with Crippen molar-refractivity contribution in [2.75, 3.05) is 18.5 Å². The van der Waals surface area contributed by atoms with E-state index in [0.29, 0.717) is 5.95 Å². The van der Waals surface area contributed by atoms with Gasteiger partial charge in [-0.15, -0.1) is 0 Å². The maximum absolute atomic E-state index is 9.11. The molecule has 0 aliphatic rings. The van der Waals surface area contributed by atoms with E-state index in [2.05, 4.69) is 15.3 Å². The molecule has 0 fully saturated rings. The number of aliphatic hydroxyl groups excluding tert-OH is 2. The molecule has 0 aliphatic carbocycles. The standard InChI is InChI=1S/C10H17N3O2/c1-7-4-8(2)12-9(11-7)13-10(3,5-14)6-15/h4,14-15H,5-6H2,1-3H3,(H,11,12,13). The Morgan fingerprint density at radius 3 is 2.07 bits per heavy atom. The Kier molecular flexibility index (Phi) is 3.60. The average molecular weight is 211 g/mol. The zero-order valence-electron chi connectivity index (χ0n) is 9.28. The van der Waals surface area contributed by atoms with Crippen molar-refractivity contribution in [2.45, 2.75) is 26.3 Å². The van der Waals surface area contributed by atoms with Crippen molar-refractivity contribution < 1.29 is 10.2 Å². The van der Waals surface area contributed by atoms with Crippen LogP contribution in [0.2, 0.25) is 0 Å². The first-order valence-electron chi connectivity index (χ1n) is 4.81. The van der Waals surface area contributed by atoms with Gasteiger partial charge in [-0.1, -0.05) is 0 Å². The zero-order chi connectivity index (χ0) is 11.5.